The van der Waals surface area contributed by atoms with E-state index < -0.39 is 4.92 Å². The van der Waals surface area contributed by atoms with Gasteiger partial charge in [-0.1, -0.05) is 30.3 Å². The van der Waals surface area contributed by atoms with Crippen LogP contribution in [0.25, 0.3) is 0 Å². The molecule has 0 bridgehead atoms. The SMILES string of the molecule is C[C@H]1CN(c2nc(N3CCC(Cc4ccccc4)CC3)nc(N)c2[N+](=O)[O-])C[C@H](C)O1. The number of anilines is 3. The minimum Gasteiger partial charge on any atom is -0.378 e. The van der Waals surface area contributed by atoms with Gasteiger partial charge in [0.05, 0.1) is 17.1 Å². The van der Waals surface area contributed by atoms with Crippen molar-refractivity contribution in [2.75, 3.05) is 41.7 Å². The number of nitrogens with zero attached hydrogens (tertiary/aromatic N) is 5. The summed E-state index contributed by atoms with van der Waals surface area (Å²) in [6.45, 7) is 6.59. The summed E-state index contributed by atoms with van der Waals surface area (Å²) in [6.07, 6.45) is 3.02. The van der Waals surface area contributed by atoms with Gasteiger partial charge in [0, 0.05) is 26.2 Å². The average molecular weight is 427 g/mol. The number of benzene rings is 1. The number of hydrogen-bond donors (Lipinski definition) is 1. The van der Waals surface area contributed by atoms with Crippen LogP contribution in [-0.4, -0.2) is 53.3 Å². The molecule has 2 saturated heterocycles. The molecule has 3 heterocycles. The van der Waals surface area contributed by atoms with E-state index in [9.17, 15) is 10.1 Å². The molecular weight excluding hydrogens is 396 g/mol. The van der Waals surface area contributed by atoms with E-state index in [-0.39, 0.29) is 23.7 Å². The van der Waals surface area contributed by atoms with Crippen LogP contribution in [0.5, 0.6) is 0 Å². The maximum Gasteiger partial charge on any atom is 0.353 e. The Hall–Kier alpha value is -2.94. The molecule has 2 atom stereocenters. The zero-order valence-corrected chi connectivity index (χ0v) is 18.1. The van der Waals surface area contributed by atoms with Crippen LogP contribution in [0.15, 0.2) is 30.3 Å². The van der Waals surface area contributed by atoms with Gasteiger partial charge in [-0.3, -0.25) is 10.1 Å². The molecule has 0 spiro atoms. The lowest BCUT2D eigenvalue weighted by Gasteiger charge is -2.36. The lowest BCUT2D eigenvalue weighted by atomic mass is 9.90. The zero-order valence-electron chi connectivity index (χ0n) is 18.1. The van der Waals surface area contributed by atoms with Gasteiger partial charge in [-0.15, -0.1) is 0 Å². The highest BCUT2D eigenvalue weighted by Crippen LogP contribution is 2.35. The Labute approximate surface area is 182 Å². The highest BCUT2D eigenvalue weighted by atomic mass is 16.6. The molecule has 166 valence electrons. The maximum absolute atomic E-state index is 11.7. The van der Waals surface area contributed by atoms with Crippen LogP contribution >= 0.6 is 0 Å². The molecule has 2 fully saturated rings. The number of aromatic nitrogens is 2. The van der Waals surface area contributed by atoms with Crippen LogP contribution in [0.2, 0.25) is 0 Å². The number of rotatable bonds is 5. The Morgan fingerprint density at radius 3 is 2.35 bits per heavy atom. The zero-order chi connectivity index (χ0) is 22.0. The number of nitro groups is 1. The molecule has 0 amide bonds. The van der Waals surface area contributed by atoms with Gasteiger partial charge in [0.1, 0.15) is 0 Å². The first-order chi connectivity index (χ1) is 14.9. The fourth-order valence-corrected chi connectivity index (χ4v) is 4.62. The van der Waals surface area contributed by atoms with Crippen LogP contribution in [0.1, 0.15) is 32.3 Å². The molecule has 0 saturated carbocycles. The van der Waals surface area contributed by atoms with E-state index in [1.807, 2.05) is 24.8 Å². The van der Waals surface area contributed by atoms with Crippen molar-refractivity contribution in [3.05, 3.63) is 46.0 Å². The van der Waals surface area contributed by atoms with Gasteiger partial charge in [-0.2, -0.15) is 9.97 Å². The van der Waals surface area contributed by atoms with Crippen LogP contribution in [0.3, 0.4) is 0 Å². The van der Waals surface area contributed by atoms with Crippen molar-refractivity contribution in [1.29, 1.82) is 0 Å². The lowest BCUT2D eigenvalue weighted by molar-refractivity contribution is -0.383. The standard InChI is InChI=1S/C22H30N6O3/c1-15-13-27(14-16(2)31-15)21-19(28(29)30)20(23)24-22(25-21)26-10-8-18(9-11-26)12-17-6-4-3-5-7-17/h3-7,15-16,18H,8-14H2,1-2H3,(H2,23,24,25)/t15-,16-/m0/s1. The molecule has 2 aliphatic heterocycles. The molecule has 1 aromatic carbocycles. The van der Waals surface area contributed by atoms with Gasteiger partial charge in [-0.25, -0.2) is 0 Å². The number of hydrogen-bond acceptors (Lipinski definition) is 8. The molecule has 2 aromatic rings. The highest BCUT2D eigenvalue weighted by Gasteiger charge is 2.33. The minimum absolute atomic E-state index is 0.0447. The summed E-state index contributed by atoms with van der Waals surface area (Å²) in [7, 11) is 0. The predicted molar refractivity (Wildman–Crippen MR) is 120 cm³/mol. The third-order valence-corrected chi connectivity index (χ3v) is 6.05. The molecule has 2 N–H and O–H groups in total. The van der Waals surface area contributed by atoms with E-state index >= 15 is 0 Å². The monoisotopic (exact) mass is 426 g/mol. The molecule has 4 rings (SSSR count). The second-order valence-corrected chi connectivity index (χ2v) is 8.62. The molecule has 0 aliphatic carbocycles. The van der Waals surface area contributed by atoms with Gasteiger partial charge in [0.25, 0.3) is 0 Å². The fraction of sp³-hybridized carbons (Fsp3) is 0.545. The van der Waals surface area contributed by atoms with Crippen molar-refractivity contribution in [3.63, 3.8) is 0 Å². The predicted octanol–water partition coefficient (Wildman–Crippen LogP) is 3.04. The quantitative estimate of drug-likeness (QED) is 0.574. The fourth-order valence-electron chi connectivity index (χ4n) is 4.62. The molecule has 1 aromatic heterocycles. The largest absolute Gasteiger partial charge is 0.378 e. The second kappa shape index (κ2) is 9.05. The van der Waals surface area contributed by atoms with Crippen molar-refractivity contribution >= 4 is 23.3 Å². The molecule has 9 heteroatoms. The van der Waals surface area contributed by atoms with Gasteiger partial charge in [-0.05, 0) is 44.6 Å². The summed E-state index contributed by atoms with van der Waals surface area (Å²) in [5.41, 5.74) is 7.20. The summed E-state index contributed by atoms with van der Waals surface area (Å²) in [4.78, 5) is 24.2. The molecular formula is C22H30N6O3. The van der Waals surface area contributed by atoms with E-state index in [4.69, 9.17) is 10.5 Å². The summed E-state index contributed by atoms with van der Waals surface area (Å²) in [5, 5.41) is 11.7. The highest BCUT2D eigenvalue weighted by molar-refractivity contribution is 5.71. The smallest absolute Gasteiger partial charge is 0.353 e. The van der Waals surface area contributed by atoms with Crippen molar-refractivity contribution in [2.24, 2.45) is 5.92 Å². The van der Waals surface area contributed by atoms with Crippen LogP contribution < -0.4 is 15.5 Å². The third kappa shape index (κ3) is 4.87. The van der Waals surface area contributed by atoms with E-state index in [1.165, 1.54) is 5.56 Å². The van der Waals surface area contributed by atoms with Gasteiger partial charge in [0.15, 0.2) is 0 Å². The normalized spacial score (nSPS) is 22.5. The van der Waals surface area contributed by atoms with Crippen molar-refractivity contribution < 1.29 is 9.66 Å². The Bertz CT molecular complexity index is 907. The molecule has 0 radical (unpaired) electrons. The van der Waals surface area contributed by atoms with Gasteiger partial charge in [0.2, 0.25) is 17.6 Å². The van der Waals surface area contributed by atoms with Crippen molar-refractivity contribution in [2.45, 2.75) is 45.3 Å². The summed E-state index contributed by atoms with van der Waals surface area (Å²) >= 11 is 0. The molecule has 0 unspecified atom stereocenters. The first kappa shape index (κ1) is 21.3. The number of ether oxygens (including phenoxy) is 1. The summed E-state index contributed by atoms with van der Waals surface area (Å²) < 4.78 is 5.78. The first-order valence-corrected chi connectivity index (χ1v) is 10.9. The second-order valence-electron chi connectivity index (χ2n) is 8.62. The topological polar surface area (TPSA) is 111 Å². The van der Waals surface area contributed by atoms with Gasteiger partial charge >= 0.3 is 5.69 Å². The maximum atomic E-state index is 11.7. The van der Waals surface area contributed by atoms with E-state index in [0.717, 1.165) is 32.4 Å². The number of morpholine rings is 1. The Morgan fingerprint density at radius 1 is 1.10 bits per heavy atom. The summed E-state index contributed by atoms with van der Waals surface area (Å²) in [6, 6.07) is 10.5. The van der Waals surface area contributed by atoms with Crippen LogP contribution in [-0.2, 0) is 11.2 Å². The minimum atomic E-state index is -0.481. The number of nitrogens with two attached hydrogens (primary N) is 1. The first-order valence-electron chi connectivity index (χ1n) is 10.9. The summed E-state index contributed by atoms with van der Waals surface area (Å²) in [5.74, 6) is 1.29. The van der Waals surface area contributed by atoms with Crippen molar-refractivity contribution in [1.82, 2.24) is 9.97 Å². The number of piperidine rings is 1. The Kier molecular flexibility index (Phi) is 6.22. The van der Waals surface area contributed by atoms with Crippen molar-refractivity contribution in [3.8, 4) is 0 Å². The van der Waals surface area contributed by atoms with Gasteiger partial charge < -0.3 is 20.3 Å². The lowest BCUT2D eigenvalue weighted by Crippen LogP contribution is -2.46. The number of nitrogen functional groups attached to an aromatic ring is 1. The molecule has 2 aliphatic rings. The average Bonchev–Trinajstić information content (AvgIpc) is 2.73. The van der Waals surface area contributed by atoms with Crippen LogP contribution in [0.4, 0.5) is 23.3 Å². The Morgan fingerprint density at radius 2 is 1.74 bits per heavy atom. The Balaban J connectivity index is 1.52. The van der Waals surface area contributed by atoms with Crippen LogP contribution in [0, 0.1) is 16.0 Å². The molecule has 9 nitrogen and oxygen atoms in total. The molecule has 31 heavy (non-hydrogen) atoms. The van der Waals surface area contributed by atoms with E-state index in [1.54, 1.807) is 0 Å². The van der Waals surface area contributed by atoms with E-state index in [0.29, 0.717) is 30.8 Å². The third-order valence-electron chi connectivity index (χ3n) is 6.05. The van der Waals surface area contributed by atoms with E-state index in [2.05, 4.69) is 39.1 Å².